The molecule has 0 bridgehead atoms. The summed E-state index contributed by atoms with van der Waals surface area (Å²) >= 11 is 5.83. The van der Waals surface area contributed by atoms with Crippen molar-refractivity contribution in [2.75, 3.05) is 13.2 Å². The van der Waals surface area contributed by atoms with Gasteiger partial charge in [0.2, 0.25) is 0 Å². The van der Waals surface area contributed by atoms with Gasteiger partial charge in [0.25, 0.3) is 0 Å². The lowest BCUT2D eigenvalue weighted by molar-refractivity contribution is 0.116. The van der Waals surface area contributed by atoms with Gasteiger partial charge in [0.05, 0.1) is 12.6 Å². The number of alkyl carbamates (subject to hydrolysis) is 1. The van der Waals surface area contributed by atoms with Gasteiger partial charge >= 0.3 is 6.09 Å². The molecule has 1 aromatic rings. The van der Waals surface area contributed by atoms with E-state index in [1.165, 1.54) is 0 Å². The second kappa shape index (κ2) is 6.35. The molecule has 0 heterocycles. The Hall–Kier alpha value is -1.26. The Morgan fingerprint density at radius 3 is 3.00 bits per heavy atom. The molecule has 1 aromatic carbocycles. The number of benzene rings is 1. The van der Waals surface area contributed by atoms with Crippen molar-refractivity contribution < 1.29 is 14.6 Å². The number of aliphatic hydroxyl groups excluding tert-OH is 1. The van der Waals surface area contributed by atoms with E-state index < -0.39 is 6.09 Å². The minimum absolute atomic E-state index is 0.00585. The maximum Gasteiger partial charge on any atom is 0.407 e. The Morgan fingerprint density at radius 2 is 2.38 bits per heavy atom. The van der Waals surface area contributed by atoms with Crippen molar-refractivity contribution in [1.29, 1.82) is 0 Å². The first-order chi connectivity index (χ1) is 7.63. The fraction of sp³-hybridized carbons (Fsp3) is 0.364. The van der Waals surface area contributed by atoms with Crippen molar-refractivity contribution in [3.05, 3.63) is 34.9 Å². The number of hydrogen-bond donors (Lipinski definition) is 2. The van der Waals surface area contributed by atoms with Crippen LogP contribution in [0.25, 0.3) is 0 Å². The van der Waals surface area contributed by atoms with Crippen LogP contribution >= 0.6 is 11.6 Å². The number of carbonyl (C=O) groups excluding carboxylic acids is 1. The largest absolute Gasteiger partial charge is 0.447 e. The maximum atomic E-state index is 11.2. The zero-order valence-electron chi connectivity index (χ0n) is 8.94. The number of aliphatic hydroxyl groups is 1. The molecule has 0 saturated carbocycles. The Balaban J connectivity index is 2.52. The third-order valence-electron chi connectivity index (χ3n) is 2.01. The summed E-state index contributed by atoms with van der Waals surface area (Å²) in [7, 11) is 0. The lowest BCUT2D eigenvalue weighted by atomic mass is 10.1. The van der Waals surface area contributed by atoms with Crippen molar-refractivity contribution in [2.24, 2.45) is 0 Å². The summed E-state index contributed by atoms with van der Waals surface area (Å²) in [5.41, 5.74) is 0.897. The molecule has 5 heteroatoms. The standard InChI is InChI=1S/C11H14ClNO3/c1-8(13-11(15)16-6-5-14)9-3-2-4-10(12)7-9/h2-4,7-8,14H,5-6H2,1H3,(H,13,15)/t8-/m1/s1. The Bertz CT molecular complexity index is 357. The molecule has 0 aliphatic carbocycles. The van der Waals surface area contributed by atoms with Crippen LogP contribution in [0.3, 0.4) is 0 Å². The highest BCUT2D eigenvalue weighted by molar-refractivity contribution is 6.30. The van der Waals surface area contributed by atoms with E-state index in [2.05, 4.69) is 10.1 Å². The van der Waals surface area contributed by atoms with Crippen molar-refractivity contribution in [2.45, 2.75) is 13.0 Å². The van der Waals surface area contributed by atoms with Gasteiger partial charge < -0.3 is 15.2 Å². The second-order valence-electron chi connectivity index (χ2n) is 3.28. The van der Waals surface area contributed by atoms with E-state index in [0.717, 1.165) is 5.56 Å². The molecular formula is C11H14ClNO3. The SMILES string of the molecule is C[C@@H](NC(=O)OCCO)c1cccc(Cl)c1. The van der Waals surface area contributed by atoms with Gasteiger partial charge in [0.1, 0.15) is 6.61 Å². The fourth-order valence-corrected chi connectivity index (χ4v) is 1.41. The molecule has 0 radical (unpaired) electrons. The van der Waals surface area contributed by atoms with Crippen LogP contribution in [-0.2, 0) is 4.74 Å². The first-order valence-electron chi connectivity index (χ1n) is 4.93. The van der Waals surface area contributed by atoms with E-state index in [1.54, 1.807) is 12.1 Å². The van der Waals surface area contributed by atoms with Crippen molar-refractivity contribution in [3.63, 3.8) is 0 Å². The summed E-state index contributed by atoms with van der Waals surface area (Å²) in [5, 5.41) is 11.7. The third-order valence-corrected chi connectivity index (χ3v) is 2.24. The molecule has 1 atom stereocenters. The molecule has 1 rings (SSSR count). The number of hydrogen-bond acceptors (Lipinski definition) is 3. The molecule has 88 valence electrons. The number of carbonyl (C=O) groups is 1. The predicted octanol–water partition coefficient (Wildman–Crippen LogP) is 2.12. The van der Waals surface area contributed by atoms with Gasteiger partial charge in [-0.15, -0.1) is 0 Å². The Kier molecular flexibility index (Phi) is 5.08. The summed E-state index contributed by atoms with van der Waals surface area (Å²) in [5.74, 6) is 0. The number of halogens is 1. The van der Waals surface area contributed by atoms with Crippen LogP contribution in [0, 0.1) is 0 Å². The molecule has 0 aromatic heterocycles. The quantitative estimate of drug-likeness (QED) is 0.852. The zero-order valence-corrected chi connectivity index (χ0v) is 9.70. The topological polar surface area (TPSA) is 58.6 Å². The maximum absolute atomic E-state index is 11.2. The molecule has 0 fully saturated rings. The average molecular weight is 244 g/mol. The molecule has 4 nitrogen and oxygen atoms in total. The molecule has 0 saturated heterocycles. The van der Waals surface area contributed by atoms with Crippen molar-refractivity contribution >= 4 is 17.7 Å². The highest BCUT2D eigenvalue weighted by atomic mass is 35.5. The van der Waals surface area contributed by atoms with Crippen LogP contribution in [-0.4, -0.2) is 24.4 Å². The van der Waals surface area contributed by atoms with Gasteiger partial charge in [-0.25, -0.2) is 4.79 Å². The van der Waals surface area contributed by atoms with E-state index in [4.69, 9.17) is 16.7 Å². The van der Waals surface area contributed by atoms with E-state index in [-0.39, 0.29) is 19.3 Å². The molecule has 0 aliphatic rings. The van der Waals surface area contributed by atoms with Crippen molar-refractivity contribution in [1.82, 2.24) is 5.32 Å². The van der Waals surface area contributed by atoms with Gasteiger partial charge in [-0.1, -0.05) is 23.7 Å². The van der Waals surface area contributed by atoms with Crippen LogP contribution in [0.4, 0.5) is 4.79 Å². The highest BCUT2D eigenvalue weighted by Crippen LogP contribution is 2.17. The Labute approximate surface area is 99.2 Å². The minimum Gasteiger partial charge on any atom is -0.447 e. The van der Waals surface area contributed by atoms with Gasteiger partial charge in [0.15, 0.2) is 0 Å². The van der Waals surface area contributed by atoms with Crippen molar-refractivity contribution in [3.8, 4) is 0 Å². The molecular weight excluding hydrogens is 230 g/mol. The van der Waals surface area contributed by atoms with E-state index in [0.29, 0.717) is 5.02 Å². The number of rotatable bonds is 4. The average Bonchev–Trinajstić information content (AvgIpc) is 2.26. The molecule has 1 amide bonds. The summed E-state index contributed by atoms with van der Waals surface area (Å²) in [6, 6.07) is 7.03. The second-order valence-corrected chi connectivity index (χ2v) is 3.72. The van der Waals surface area contributed by atoms with E-state index >= 15 is 0 Å². The molecule has 0 spiro atoms. The summed E-state index contributed by atoms with van der Waals surface area (Å²) in [6.45, 7) is 1.64. The number of ether oxygens (including phenoxy) is 1. The van der Waals surface area contributed by atoms with Crippen LogP contribution in [0.15, 0.2) is 24.3 Å². The lowest BCUT2D eigenvalue weighted by Crippen LogP contribution is -2.28. The van der Waals surface area contributed by atoms with E-state index in [1.807, 2.05) is 19.1 Å². The monoisotopic (exact) mass is 243 g/mol. The summed E-state index contributed by atoms with van der Waals surface area (Å²) in [6.07, 6.45) is -0.554. The van der Waals surface area contributed by atoms with Crippen LogP contribution < -0.4 is 5.32 Å². The predicted molar refractivity (Wildman–Crippen MR) is 61.4 cm³/mol. The Morgan fingerprint density at radius 1 is 1.62 bits per heavy atom. The number of amides is 1. The normalized spacial score (nSPS) is 11.9. The number of nitrogens with one attached hydrogen (secondary N) is 1. The van der Waals surface area contributed by atoms with Gasteiger partial charge in [0, 0.05) is 5.02 Å². The van der Waals surface area contributed by atoms with Gasteiger partial charge in [-0.3, -0.25) is 0 Å². The smallest absolute Gasteiger partial charge is 0.407 e. The lowest BCUT2D eigenvalue weighted by Gasteiger charge is -2.14. The first-order valence-corrected chi connectivity index (χ1v) is 5.31. The minimum atomic E-state index is -0.554. The summed E-state index contributed by atoms with van der Waals surface area (Å²) in [4.78, 5) is 11.2. The molecule has 0 unspecified atom stereocenters. The van der Waals surface area contributed by atoms with E-state index in [9.17, 15) is 4.79 Å². The van der Waals surface area contributed by atoms with Gasteiger partial charge in [-0.2, -0.15) is 0 Å². The van der Waals surface area contributed by atoms with Crippen LogP contribution in [0.1, 0.15) is 18.5 Å². The van der Waals surface area contributed by atoms with Crippen LogP contribution in [0.5, 0.6) is 0 Å². The molecule has 2 N–H and O–H groups in total. The highest BCUT2D eigenvalue weighted by Gasteiger charge is 2.10. The third kappa shape index (κ3) is 4.08. The zero-order chi connectivity index (χ0) is 12.0. The summed E-state index contributed by atoms with van der Waals surface area (Å²) < 4.78 is 4.68. The van der Waals surface area contributed by atoms with Crippen LogP contribution in [0.2, 0.25) is 5.02 Å². The van der Waals surface area contributed by atoms with Gasteiger partial charge in [-0.05, 0) is 24.6 Å². The molecule has 0 aliphatic heterocycles. The molecule has 16 heavy (non-hydrogen) atoms. The fourth-order valence-electron chi connectivity index (χ4n) is 1.22. The first kappa shape index (κ1) is 12.8.